The van der Waals surface area contributed by atoms with Crippen LogP contribution < -0.4 is 0 Å². The molecule has 3 atom stereocenters. The summed E-state index contributed by atoms with van der Waals surface area (Å²) in [6.45, 7) is -2.38. The number of rotatable bonds is 0. The smallest absolute Gasteiger partial charge is 0.163 e. The van der Waals surface area contributed by atoms with Crippen LogP contribution in [0.4, 0.5) is 0 Å². The van der Waals surface area contributed by atoms with Crippen LogP contribution in [0.1, 0.15) is 11.9 Å². The Kier molecular flexibility index (Phi) is 0.616. The Morgan fingerprint density at radius 1 is 1.56 bits per heavy atom. The minimum absolute atomic E-state index is 0.00488. The third-order valence-electron chi connectivity index (χ3n) is 1.54. The summed E-state index contributed by atoms with van der Waals surface area (Å²) in [6.07, 6.45) is -4.15. The zero-order valence-electron chi connectivity index (χ0n) is 8.70. The first-order valence-corrected chi connectivity index (χ1v) is 2.84. The first kappa shape index (κ1) is 2.86. The van der Waals surface area contributed by atoms with Crippen molar-refractivity contribution in [2.45, 2.75) is 18.8 Å². The first-order valence-electron chi connectivity index (χ1n) is 4.84. The number of fused-ring (bicyclic) bond motifs is 1. The van der Waals surface area contributed by atoms with Crippen LogP contribution in [-0.4, -0.2) is 30.7 Å². The number of ether oxygens (including phenoxy) is 2. The second kappa shape index (κ2) is 1.94. The van der Waals surface area contributed by atoms with Gasteiger partial charge in [-0.3, -0.25) is 0 Å². The van der Waals surface area contributed by atoms with E-state index in [0.717, 1.165) is 0 Å². The van der Waals surface area contributed by atoms with Gasteiger partial charge in [-0.15, -0.1) is 0 Å². The third-order valence-corrected chi connectivity index (χ3v) is 1.54. The molecule has 3 heteroatoms. The molecule has 0 saturated carbocycles. The van der Waals surface area contributed by atoms with Gasteiger partial charge in [0, 0.05) is 8.66 Å². The highest BCUT2D eigenvalue weighted by Gasteiger charge is 2.40. The fraction of sp³-hybridized carbons (Fsp3) is 1.00. The van der Waals surface area contributed by atoms with Crippen LogP contribution in [0.25, 0.3) is 0 Å². The Labute approximate surface area is 59.2 Å². The van der Waals surface area contributed by atoms with E-state index in [1.807, 2.05) is 0 Å². The molecule has 2 heterocycles. The lowest BCUT2D eigenvalue weighted by atomic mass is 10.0. The predicted molar refractivity (Wildman–Crippen MR) is 29.8 cm³/mol. The predicted octanol–water partition coefficient (Wildman–Crippen LogP) is -0.260. The molecule has 0 aliphatic carbocycles. The van der Waals surface area contributed by atoms with Gasteiger partial charge in [-0.2, -0.15) is 0 Å². The average Bonchev–Trinajstić information content (AvgIpc) is 2.37. The molecule has 2 aliphatic rings. The molecule has 52 valence electrons. The van der Waals surface area contributed by atoms with E-state index in [9.17, 15) is 5.11 Å². The molecule has 0 bridgehead atoms. The van der Waals surface area contributed by atoms with Crippen LogP contribution in [0.15, 0.2) is 0 Å². The number of hydrogen-bond donors (Lipinski definition) is 1. The first-order chi connectivity index (χ1) is 5.86. The normalized spacial score (nSPS) is 67.4. The van der Waals surface area contributed by atoms with Crippen molar-refractivity contribution in [2.75, 3.05) is 13.2 Å². The van der Waals surface area contributed by atoms with Gasteiger partial charge in [-0.1, -0.05) is 0 Å². The van der Waals surface area contributed by atoms with Crippen LogP contribution in [0.3, 0.4) is 0 Å². The molecule has 2 saturated heterocycles. The van der Waals surface area contributed by atoms with Gasteiger partial charge in [0.15, 0.2) is 6.29 Å². The molecular formula is C6H10O3. The van der Waals surface area contributed by atoms with Gasteiger partial charge in [0.2, 0.25) is 0 Å². The maximum atomic E-state index is 9.36. The summed E-state index contributed by atoms with van der Waals surface area (Å²) in [6, 6.07) is 0. The highest BCUT2D eigenvalue weighted by molar-refractivity contribution is 4.81. The molecule has 2 rings (SSSR count). The molecule has 0 aromatic carbocycles. The Bertz CT molecular complexity index is 232. The van der Waals surface area contributed by atoms with Crippen LogP contribution in [0, 0.1) is 5.92 Å². The van der Waals surface area contributed by atoms with E-state index in [2.05, 4.69) is 0 Å². The lowest BCUT2D eigenvalue weighted by molar-refractivity contribution is -0.0907. The molecule has 0 aromatic heterocycles. The van der Waals surface area contributed by atoms with Gasteiger partial charge >= 0.3 is 0 Å². The fourth-order valence-corrected chi connectivity index (χ4v) is 1.01. The molecular weight excluding hydrogens is 120 g/mol. The van der Waals surface area contributed by atoms with Gasteiger partial charge in [-0.05, 0) is 6.37 Å². The van der Waals surface area contributed by atoms with E-state index in [0.29, 0.717) is 0 Å². The summed E-state index contributed by atoms with van der Waals surface area (Å²) < 4.78 is 39.1. The van der Waals surface area contributed by atoms with E-state index in [4.69, 9.17) is 15.0 Å². The van der Waals surface area contributed by atoms with Gasteiger partial charge in [0.25, 0.3) is 0 Å². The van der Waals surface area contributed by atoms with Crippen LogP contribution >= 0.6 is 0 Å². The van der Waals surface area contributed by atoms with Crippen molar-refractivity contribution in [1.82, 2.24) is 0 Å². The van der Waals surface area contributed by atoms with Crippen molar-refractivity contribution < 1.29 is 20.1 Å². The quantitative estimate of drug-likeness (QED) is 0.496. The summed E-state index contributed by atoms with van der Waals surface area (Å²) >= 11 is 0. The van der Waals surface area contributed by atoms with E-state index in [1.54, 1.807) is 0 Å². The molecule has 0 unspecified atom stereocenters. The van der Waals surface area contributed by atoms with Crippen molar-refractivity contribution in [3.05, 3.63) is 0 Å². The number of aliphatic hydroxyl groups is 1. The zero-order valence-corrected chi connectivity index (χ0v) is 4.70. The summed E-state index contributed by atoms with van der Waals surface area (Å²) in [7, 11) is 0. The highest BCUT2D eigenvalue weighted by Crippen LogP contribution is 2.30. The van der Waals surface area contributed by atoms with Gasteiger partial charge in [-0.25, -0.2) is 0 Å². The SMILES string of the molecule is [2H]C1([2H])O[C@@H]2OC[C@@H](O)[C@@H]2C1([2H])[2H]. The highest BCUT2D eigenvalue weighted by atomic mass is 16.7. The van der Waals surface area contributed by atoms with E-state index in [-0.39, 0.29) is 6.61 Å². The van der Waals surface area contributed by atoms with Gasteiger partial charge < -0.3 is 14.6 Å². The molecule has 0 radical (unpaired) electrons. The molecule has 9 heavy (non-hydrogen) atoms. The second-order valence-electron chi connectivity index (χ2n) is 2.16. The Balaban J connectivity index is 2.32. The number of hydrogen-bond acceptors (Lipinski definition) is 3. The van der Waals surface area contributed by atoms with E-state index >= 15 is 0 Å². The summed E-state index contributed by atoms with van der Waals surface area (Å²) in [5.41, 5.74) is 0. The van der Waals surface area contributed by atoms with Gasteiger partial charge in [0.05, 0.1) is 22.0 Å². The summed E-state index contributed by atoms with van der Waals surface area (Å²) in [4.78, 5) is 0. The standard InChI is InChI=1S/C6H10O3/c7-5-3-9-6-4(5)1-2-8-6/h4-7H,1-3H2/t4-,5+,6+/m0/s1/i1D2,2D2. The Morgan fingerprint density at radius 2 is 2.44 bits per heavy atom. The molecule has 0 aromatic rings. The molecule has 2 fully saturated rings. The van der Waals surface area contributed by atoms with Crippen LogP contribution in [0.2, 0.25) is 0 Å². The fourth-order valence-electron chi connectivity index (χ4n) is 1.01. The molecule has 3 nitrogen and oxygen atoms in total. The van der Waals surface area contributed by atoms with Crippen molar-refractivity contribution in [1.29, 1.82) is 0 Å². The maximum absolute atomic E-state index is 9.36. The molecule has 0 amide bonds. The second-order valence-corrected chi connectivity index (χ2v) is 2.16. The van der Waals surface area contributed by atoms with E-state index in [1.165, 1.54) is 0 Å². The van der Waals surface area contributed by atoms with E-state index < -0.39 is 31.2 Å². The Morgan fingerprint density at radius 3 is 3.22 bits per heavy atom. The van der Waals surface area contributed by atoms with Crippen molar-refractivity contribution >= 4 is 0 Å². The molecule has 0 spiro atoms. The van der Waals surface area contributed by atoms with Crippen molar-refractivity contribution in [3.8, 4) is 0 Å². The van der Waals surface area contributed by atoms with Crippen LogP contribution in [0.5, 0.6) is 0 Å². The lowest BCUT2D eigenvalue weighted by Crippen LogP contribution is -2.18. The minimum atomic E-state index is -2.39. The average molecular weight is 134 g/mol. The number of aliphatic hydroxyl groups excluding tert-OH is 1. The van der Waals surface area contributed by atoms with Crippen molar-refractivity contribution in [2.24, 2.45) is 5.92 Å². The lowest BCUT2D eigenvalue weighted by Gasteiger charge is -2.06. The van der Waals surface area contributed by atoms with Crippen molar-refractivity contribution in [3.63, 3.8) is 0 Å². The summed E-state index contributed by atoms with van der Waals surface area (Å²) in [5.74, 6) is -0.928. The molecule has 1 N–H and O–H groups in total. The summed E-state index contributed by atoms with van der Waals surface area (Å²) in [5, 5.41) is 9.36. The van der Waals surface area contributed by atoms with Gasteiger partial charge in [0.1, 0.15) is 0 Å². The Hall–Kier alpha value is -0.120. The topological polar surface area (TPSA) is 38.7 Å². The van der Waals surface area contributed by atoms with Crippen LogP contribution in [-0.2, 0) is 9.47 Å². The third kappa shape index (κ3) is 0.764. The monoisotopic (exact) mass is 134 g/mol. The minimum Gasteiger partial charge on any atom is -0.390 e. The largest absolute Gasteiger partial charge is 0.390 e. The zero-order chi connectivity index (χ0) is 9.85. The molecule has 2 aliphatic heterocycles. The maximum Gasteiger partial charge on any atom is 0.163 e.